The van der Waals surface area contributed by atoms with Crippen molar-refractivity contribution in [1.29, 1.82) is 0 Å². The standard InChI is InChI=1S/C17H21NOS/c1-18(12-13-20-17-6-4-3-5-7-17)14-15-8-10-16(19-2)11-9-15/h3-11H,12-14H2,1-2H3. The van der Waals surface area contributed by atoms with Gasteiger partial charge in [0.25, 0.3) is 0 Å². The molecule has 0 aliphatic heterocycles. The molecular formula is C17H21NOS. The first-order chi connectivity index (χ1) is 9.78. The van der Waals surface area contributed by atoms with E-state index in [4.69, 9.17) is 4.74 Å². The van der Waals surface area contributed by atoms with Gasteiger partial charge in [0, 0.05) is 23.7 Å². The third-order valence-corrected chi connectivity index (χ3v) is 4.09. The Hall–Kier alpha value is -1.45. The number of benzene rings is 2. The van der Waals surface area contributed by atoms with Gasteiger partial charge in [-0.3, -0.25) is 0 Å². The van der Waals surface area contributed by atoms with Gasteiger partial charge in [0.15, 0.2) is 0 Å². The minimum atomic E-state index is 0.913. The maximum absolute atomic E-state index is 5.17. The average molecular weight is 287 g/mol. The average Bonchev–Trinajstić information content (AvgIpc) is 2.49. The van der Waals surface area contributed by atoms with Crippen LogP contribution in [-0.2, 0) is 6.54 Å². The minimum Gasteiger partial charge on any atom is -0.497 e. The van der Waals surface area contributed by atoms with E-state index in [1.165, 1.54) is 10.5 Å². The summed E-state index contributed by atoms with van der Waals surface area (Å²) in [5.74, 6) is 2.02. The lowest BCUT2D eigenvalue weighted by Crippen LogP contribution is -2.20. The Morgan fingerprint density at radius 3 is 2.35 bits per heavy atom. The third-order valence-electron chi connectivity index (χ3n) is 3.10. The number of hydrogen-bond acceptors (Lipinski definition) is 3. The first-order valence-electron chi connectivity index (χ1n) is 6.77. The maximum atomic E-state index is 5.17. The van der Waals surface area contributed by atoms with Gasteiger partial charge in [0.1, 0.15) is 5.75 Å². The van der Waals surface area contributed by atoms with Crippen LogP contribution in [0.3, 0.4) is 0 Å². The molecule has 0 saturated heterocycles. The highest BCUT2D eigenvalue weighted by Crippen LogP contribution is 2.17. The Balaban J connectivity index is 1.73. The molecule has 0 unspecified atom stereocenters. The van der Waals surface area contributed by atoms with E-state index >= 15 is 0 Å². The van der Waals surface area contributed by atoms with E-state index in [0.29, 0.717) is 0 Å². The van der Waals surface area contributed by atoms with Crippen molar-refractivity contribution in [3.05, 3.63) is 60.2 Å². The van der Waals surface area contributed by atoms with E-state index in [2.05, 4.69) is 54.4 Å². The number of hydrogen-bond donors (Lipinski definition) is 0. The molecule has 0 radical (unpaired) electrons. The molecular weight excluding hydrogens is 266 g/mol. The first kappa shape index (κ1) is 14.9. The molecule has 20 heavy (non-hydrogen) atoms. The lowest BCUT2D eigenvalue weighted by Gasteiger charge is -2.16. The monoisotopic (exact) mass is 287 g/mol. The van der Waals surface area contributed by atoms with Crippen LogP contribution in [0.1, 0.15) is 5.56 Å². The number of thioether (sulfide) groups is 1. The molecule has 0 fully saturated rings. The van der Waals surface area contributed by atoms with Gasteiger partial charge in [-0.2, -0.15) is 0 Å². The van der Waals surface area contributed by atoms with Crippen molar-refractivity contribution in [3.63, 3.8) is 0 Å². The highest BCUT2D eigenvalue weighted by atomic mass is 32.2. The van der Waals surface area contributed by atoms with Crippen LogP contribution in [0.15, 0.2) is 59.5 Å². The van der Waals surface area contributed by atoms with Crippen LogP contribution < -0.4 is 4.74 Å². The van der Waals surface area contributed by atoms with Crippen LogP contribution in [-0.4, -0.2) is 31.4 Å². The highest BCUT2D eigenvalue weighted by molar-refractivity contribution is 7.99. The molecule has 2 aromatic carbocycles. The molecule has 0 heterocycles. The second-order valence-corrected chi connectivity index (χ2v) is 5.92. The molecule has 3 heteroatoms. The molecule has 2 nitrogen and oxygen atoms in total. The Morgan fingerprint density at radius 2 is 1.70 bits per heavy atom. The molecule has 0 amide bonds. The summed E-state index contributed by atoms with van der Waals surface area (Å²) in [6, 6.07) is 18.8. The molecule has 2 aromatic rings. The van der Waals surface area contributed by atoms with Gasteiger partial charge in [0.2, 0.25) is 0 Å². The summed E-state index contributed by atoms with van der Waals surface area (Å²) in [6.07, 6.45) is 0. The van der Waals surface area contributed by atoms with E-state index in [1.807, 2.05) is 23.9 Å². The Morgan fingerprint density at radius 1 is 1.00 bits per heavy atom. The number of rotatable bonds is 7. The summed E-state index contributed by atoms with van der Waals surface area (Å²) < 4.78 is 5.17. The fourth-order valence-corrected chi connectivity index (χ4v) is 2.95. The highest BCUT2D eigenvalue weighted by Gasteiger charge is 2.01. The van der Waals surface area contributed by atoms with Crippen molar-refractivity contribution in [3.8, 4) is 5.75 Å². The molecule has 0 aliphatic rings. The van der Waals surface area contributed by atoms with E-state index in [1.54, 1.807) is 7.11 Å². The van der Waals surface area contributed by atoms with Gasteiger partial charge < -0.3 is 9.64 Å². The van der Waals surface area contributed by atoms with Crippen LogP contribution in [0.2, 0.25) is 0 Å². The summed E-state index contributed by atoms with van der Waals surface area (Å²) in [5.41, 5.74) is 1.32. The minimum absolute atomic E-state index is 0.913. The molecule has 0 aliphatic carbocycles. The molecule has 0 N–H and O–H groups in total. The van der Waals surface area contributed by atoms with Crippen molar-refractivity contribution in [1.82, 2.24) is 4.90 Å². The van der Waals surface area contributed by atoms with E-state index in [0.717, 1.165) is 24.6 Å². The molecule has 0 spiro atoms. The summed E-state index contributed by atoms with van der Waals surface area (Å²) in [7, 11) is 3.86. The quantitative estimate of drug-likeness (QED) is 0.716. The Kier molecular flexibility index (Phi) is 5.96. The van der Waals surface area contributed by atoms with Crippen molar-refractivity contribution < 1.29 is 4.74 Å². The van der Waals surface area contributed by atoms with Gasteiger partial charge in [-0.1, -0.05) is 30.3 Å². The number of methoxy groups -OCH3 is 1. The topological polar surface area (TPSA) is 12.5 Å². The summed E-state index contributed by atoms with van der Waals surface area (Å²) in [4.78, 5) is 3.68. The smallest absolute Gasteiger partial charge is 0.118 e. The van der Waals surface area contributed by atoms with Crippen LogP contribution in [0, 0.1) is 0 Å². The van der Waals surface area contributed by atoms with E-state index in [9.17, 15) is 0 Å². The number of ether oxygens (including phenoxy) is 1. The fraction of sp³-hybridized carbons (Fsp3) is 0.294. The van der Waals surface area contributed by atoms with Gasteiger partial charge in [-0.05, 0) is 36.9 Å². The fourth-order valence-electron chi connectivity index (χ4n) is 1.96. The zero-order valence-corrected chi connectivity index (χ0v) is 12.9. The molecule has 106 valence electrons. The second-order valence-electron chi connectivity index (χ2n) is 4.75. The third kappa shape index (κ3) is 4.91. The largest absolute Gasteiger partial charge is 0.497 e. The zero-order chi connectivity index (χ0) is 14.2. The van der Waals surface area contributed by atoms with Crippen LogP contribution in [0.25, 0.3) is 0 Å². The van der Waals surface area contributed by atoms with Crippen molar-refractivity contribution >= 4 is 11.8 Å². The molecule has 0 atom stereocenters. The predicted octanol–water partition coefficient (Wildman–Crippen LogP) is 3.92. The molecule has 2 rings (SSSR count). The molecule has 0 saturated carbocycles. The summed E-state index contributed by atoms with van der Waals surface area (Å²) in [6.45, 7) is 2.05. The van der Waals surface area contributed by atoms with Crippen LogP contribution in [0.4, 0.5) is 0 Å². The van der Waals surface area contributed by atoms with Crippen molar-refractivity contribution in [2.24, 2.45) is 0 Å². The normalized spacial score (nSPS) is 10.8. The van der Waals surface area contributed by atoms with Crippen molar-refractivity contribution in [2.75, 3.05) is 26.5 Å². The zero-order valence-electron chi connectivity index (χ0n) is 12.1. The molecule has 0 aromatic heterocycles. The van der Waals surface area contributed by atoms with E-state index < -0.39 is 0 Å². The second kappa shape index (κ2) is 7.98. The lowest BCUT2D eigenvalue weighted by atomic mass is 10.2. The van der Waals surface area contributed by atoms with Gasteiger partial charge in [0.05, 0.1) is 7.11 Å². The predicted molar refractivity (Wildman–Crippen MR) is 86.5 cm³/mol. The summed E-state index contributed by atoms with van der Waals surface area (Å²) in [5, 5.41) is 0. The molecule has 0 bridgehead atoms. The number of nitrogens with zero attached hydrogens (tertiary/aromatic N) is 1. The van der Waals surface area contributed by atoms with Crippen molar-refractivity contribution in [2.45, 2.75) is 11.4 Å². The van der Waals surface area contributed by atoms with Gasteiger partial charge in [-0.25, -0.2) is 0 Å². The lowest BCUT2D eigenvalue weighted by molar-refractivity contribution is 0.348. The van der Waals surface area contributed by atoms with Crippen LogP contribution >= 0.6 is 11.8 Å². The first-order valence-corrected chi connectivity index (χ1v) is 7.76. The van der Waals surface area contributed by atoms with Gasteiger partial charge >= 0.3 is 0 Å². The van der Waals surface area contributed by atoms with Gasteiger partial charge in [-0.15, -0.1) is 11.8 Å². The Bertz CT molecular complexity index is 498. The SMILES string of the molecule is COc1ccc(CN(C)CCSc2ccccc2)cc1. The maximum Gasteiger partial charge on any atom is 0.118 e. The Labute approximate surface area is 125 Å². The van der Waals surface area contributed by atoms with Crippen LogP contribution in [0.5, 0.6) is 5.75 Å². The van der Waals surface area contributed by atoms with E-state index in [-0.39, 0.29) is 0 Å². The summed E-state index contributed by atoms with van der Waals surface area (Å²) >= 11 is 1.90.